The predicted molar refractivity (Wildman–Crippen MR) is 65.1 cm³/mol. The molecule has 0 heterocycles. The van der Waals surface area contributed by atoms with E-state index < -0.39 is 24.5 Å². The number of likely N-dealkylation sites (N-methyl/N-ethyl adjacent to an activating group) is 1. The predicted octanol–water partition coefficient (Wildman–Crippen LogP) is 1.25. The molecule has 106 valence electrons. The van der Waals surface area contributed by atoms with Crippen LogP contribution >= 0.6 is 0 Å². The van der Waals surface area contributed by atoms with Crippen LogP contribution in [0.2, 0.25) is 0 Å². The fourth-order valence-corrected chi connectivity index (χ4v) is 1.81. The van der Waals surface area contributed by atoms with E-state index in [2.05, 4.69) is 0 Å². The molecule has 0 radical (unpaired) electrons. The molecule has 7 heteroatoms. The van der Waals surface area contributed by atoms with E-state index in [1.54, 1.807) is 30.3 Å². The van der Waals surface area contributed by atoms with Crippen LogP contribution in [0.25, 0.3) is 0 Å². The number of carbonyl (C=O) groups excluding carboxylic acids is 1. The van der Waals surface area contributed by atoms with Gasteiger partial charge in [-0.2, -0.15) is 13.2 Å². The highest BCUT2D eigenvalue weighted by Crippen LogP contribution is 2.20. The van der Waals surface area contributed by atoms with E-state index >= 15 is 0 Å². The average molecular weight is 275 g/mol. The van der Waals surface area contributed by atoms with Gasteiger partial charge in [-0.25, -0.2) is 5.84 Å². The molecule has 4 nitrogen and oxygen atoms in total. The van der Waals surface area contributed by atoms with Crippen molar-refractivity contribution < 1.29 is 18.0 Å². The lowest BCUT2D eigenvalue weighted by atomic mass is 9.98. The molecule has 1 amide bonds. The van der Waals surface area contributed by atoms with Gasteiger partial charge in [0.1, 0.15) is 0 Å². The van der Waals surface area contributed by atoms with Crippen molar-refractivity contribution in [3.8, 4) is 0 Å². The number of nitrogens with zero attached hydrogens (tertiary/aromatic N) is 1. The van der Waals surface area contributed by atoms with Crippen LogP contribution < -0.4 is 11.3 Å². The average Bonchev–Trinajstić information content (AvgIpc) is 2.34. The fraction of sp³-hybridized carbons (Fsp3) is 0.417. The molecule has 1 unspecified atom stereocenters. The molecule has 0 aliphatic carbocycles. The molecule has 0 spiro atoms. The Hall–Kier alpha value is -1.60. The quantitative estimate of drug-likeness (QED) is 0.483. The Morgan fingerprint density at radius 1 is 1.37 bits per heavy atom. The van der Waals surface area contributed by atoms with Gasteiger partial charge in [-0.15, -0.1) is 0 Å². The molecule has 1 aromatic carbocycles. The number of amides is 1. The summed E-state index contributed by atoms with van der Waals surface area (Å²) in [6.07, 6.45) is -4.30. The van der Waals surface area contributed by atoms with Gasteiger partial charge in [-0.3, -0.25) is 15.1 Å². The van der Waals surface area contributed by atoms with E-state index in [-0.39, 0.29) is 6.54 Å². The van der Waals surface area contributed by atoms with Crippen molar-refractivity contribution in [1.82, 2.24) is 10.3 Å². The van der Waals surface area contributed by atoms with Gasteiger partial charge in [-0.1, -0.05) is 30.3 Å². The second-order valence-corrected chi connectivity index (χ2v) is 4.28. The van der Waals surface area contributed by atoms with Gasteiger partial charge in [0.15, 0.2) is 0 Å². The molecule has 0 saturated heterocycles. The summed E-state index contributed by atoms with van der Waals surface area (Å²) in [4.78, 5) is 12.7. The van der Waals surface area contributed by atoms with E-state index in [0.29, 0.717) is 5.56 Å². The third-order valence-corrected chi connectivity index (χ3v) is 2.60. The monoisotopic (exact) mass is 275 g/mol. The first-order chi connectivity index (χ1) is 8.83. The van der Waals surface area contributed by atoms with Gasteiger partial charge < -0.3 is 0 Å². The molecule has 0 aliphatic rings. The number of nitrogens with one attached hydrogen (secondary N) is 1. The Morgan fingerprint density at radius 2 is 1.95 bits per heavy atom. The second kappa shape index (κ2) is 6.53. The van der Waals surface area contributed by atoms with Gasteiger partial charge in [0, 0.05) is 6.54 Å². The molecule has 1 aromatic rings. The summed E-state index contributed by atoms with van der Waals surface area (Å²) >= 11 is 0. The molecule has 0 aliphatic heterocycles. The Labute approximate surface area is 109 Å². The van der Waals surface area contributed by atoms with Gasteiger partial charge >= 0.3 is 6.18 Å². The van der Waals surface area contributed by atoms with Crippen LogP contribution in [0.3, 0.4) is 0 Å². The number of nitrogens with two attached hydrogens (primary N) is 1. The summed E-state index contributed by atoms with van der Waals surface area (Å²) in [5, 5.41) is 0. The highest BCUT2D eigenvalue weighted by molar-refractivity contribution is 5.83. The van der Waals surface area contributed by atoms with Gasteiger partial charge in [0.05, 0.1) is 12.5 Å². The zero-order valence-electron chi connectivity index (χ0n) is 10.4. The zero-order valence-corrected chi connectivity index (χ0v) is 10.4. The molecule has 19 heavy (non-hydrogen) atoms. The van der Waals surface area contributed by atoms with Crippen LogP contribution in [0.1, 0.15) is 11.5 Å². The Kier molecular flexibility index (Phi) is 5.31. The Balaban J connectivity index is 2.79. The number of alkyl halides is 3. The largest absolute Gasteiger partial charge is 0.401 e. The van der Waals surface area contributed by atoms with Crippen molar-refractivity contribution in [2.75, 3.05) is 20.1 Å². The van der Waals surface area contributed by atoms with Gasteiger partial charge in [0.25, 0.3) is 0 Å². The van der Waals surface area contributed by atoms with Crippen molar-refractivity contribution in [1.29, 1.82) is 0 Å². The number of carbonyl (C=O) groups is 1. The second-order valence-electron chi connectivity index (χ2n) is 4.28. The maximum atomic E-state index is 12.3. The minimum absolute atomic E-state index is 0.0629. The van der Waals surface area contributed by atoms with Crippen molar-refractivity contribution in [3.05, 3.63) is 35.9 Å². The highest BCUT2D eigenvalue weighted by Gasteiger charge is 2.31. The lowest BCUT2D eigenvalue weighted by Crippen LogP contribution is -2.41. The summed E-state index contributed by atoms with van der Waals surface area (Å²) in [6.45, 7) is -1.14. The van der Waals surface area contributed by atoms with Crippen molar-refractivity contribution in [3.63, 3.8) is 0 Å². The van der Waals surface area contributed by atoms with Crippen LogP contribution in [0.15, 0.2) is 30.3 Å². The number of benzene rings is 1. The normalized spacial score (nSPS) is 13.4. The van der Waals surface area contributed by atoms with Crippen LogP contribution in [0.5, 0.6) is 0 Å². The minimum Gasteiger partial charge on any atom is -0.297 e. The number of hydrogen-bond acceptors (Lipinski definition) is 3. The van der Waals surface area contributed by atoms with Crippen molar-refractivity contribution >= 4 is 5.91 Å². The summed E-state index contributed by atoms with van der Waals surface area (Å²) < 4.78 is 36.8. The molecule has 1 atom stereocenters. The van der Waals surface area contributed by atoms with E-state index in [1.165, 1.54) is 7.05 Å². The molecule has 0 aromatic heterocycles. The molecular formula is C12H16F3N3O. The third-order valence-electron chi connectivity index (χ3n) is 2.60. The molecule has 3 N–H and O–H groups in total. The van der Waals surface area contributed by atoms with Gasteiger partial charge in [-0.05, 0) is 12.6 Å². The number of hydrogen-bond donors (Lipinski definition) is 2. The van der Waals surface area contributed by atoms with Crippen LogP contribution in [0.4, 0.5) is 13.2 Å². The highest BCUT2D eigenvalue weighted by atomic mass is 19.4. The maximum Gasteiger partial charge on any atom is 0.401 e. The van der Waals surface area contributed by atoms with E-state index in [9.17, 15) is 18.0 Å². The Bertz CT molecular complexity index is 408. The summed E-state index contributed by atoms with van der Waals surface area (Å²) in [5.41, 5.74) is 2.61. The molecule has 0 fully saturated rings. The fourth-order valence-electron chi connectivity index (χ4n) is 1.81. The standard InChI is InChI=1S/C12H16F3N3O/c1-18(8-12(13,14)15)7-10(11(19)17-16)9-5-3-2-4-6-9/h2-6,10H,7-8,16H2,1H3,(H,17,19). The van der Waals surface area contributed by atoms with E-state index in [4.69, 9.17) is 5.84 Å². The molecule has 0 bridgehead atoms. The maximum absolute atomic E-state index is 12.3. The van der Waals surface area contributed by atoms with Crippen LogP contribution in [0, 0.1) is 0 Å². The summed E-state index contributed by atoms with van der Waals surface area (Å²) in [5.74, 6) is 3.82. The lowest BCUT2D eigenvalue weighted by Gasteiger charge is -2.24. The van der Waals surface area contributed by atoms with E-state index in [1.807, 2.05) is 5.43 Å². The molecule has 1 rings (SSSR count). The van der Waals surface area contributed by atoms with Crippen LogP contribution in [-0.4, -0.2) is 37.1 Å². The minimum atomic E-state index is -4.30. The third kappa shape index (κ3) is 5.27. The SMILES string of the molecule is CN(CC(C(=O)NN)c1ccccc1)CC(F)(F)F. The summed E-state index contributed by atoms with van der Waals surface area (Å²) in [7, 11) is 1.31. The van der Waals surface area contributed by atoms with Crippen LogP contribution in [-0.2, 0) is 4.79 Å². The molecular weight excluding hydrogens is 259 g/mol. The first-order valence-corrected chi connectivity index (χ1v) is 5.64. The number of hydrazine groups is 1. The zero-order chi connectivity index (χ0) is 14.5. The number of halogens is 3. The first kappa shape index (κ1) is 15.5. The first-order valence-electron chi connectivity index (χ1n) is 5.64. The van der Waals surface area contributed by atoms with Crippen molar-refractivity contribution in [2.24, 2.45) is 5.84 Å². The van der Waals surface area contributed by atoms with Gasteiger partial charge in [0.2, 0.25) is 5.91 Å². The van der Waals surface area contributed by atoms with E-state index in [0.717, 1.165) is 4.90 Å². The summed E-state index contributed by atoms with van der Waals surface area (Å²) in [6, 6.07) is 8.56. The molecule has 0 saturated carbocycles. The lowest BCUT2D eigenvalue weighted by molar-refractivity contribution is -0.145. The smallest absolute Gasteiger partial charge is 0.297 e. The number of rotatable bonds is 5. The Morgan fingerprint density at radius 3 is 2.42 bits per heavy atom. The topological polar surface area (TPSA) is 58.4 Å². The van der Waals surface area contributed by atoms with Crippen molar-refractivity contribution in [2.45, 2.75) is 12.1 Å².